The van der Waals surface area contributed by atoms with Crippen LogP contribution in [0.3, 0.4) is 0 Å². The lowest BCUT2D eigenvalue weighted by Gasteiger charge is -2.45. The molecule has 0 spiro atoms. The molecule has 5 aliphatic heterocycles. The number of piperidine rings is 1. The second-order valence-corrected chi connectivity index (χ2v) is 13.7. The molecule has 0 amide bonds. The van der Waals surface area contributed by atoms with Crippen LogP contribution in [0.2, 0.25) is 0 Å². The van der Waals surface area contributed by atoms with E-state index in [-0.39, 0.29) is 30.0 Å². The van der Waals surface area contributed by atoms with Gasteiger partial charge in [0, 0.05) is 43.1 Å². The van der Waals surface area contributed by atoms with Crippen LogP contribution < -0.4 is 10.2 Å². The van der Waals surface area contributed by atoms with Gasteiger partial charge in [-0.15, -0.1) is 0 Å². The van der Waals surface area contributed by atoms with Gasteiger partial charge in [-0.1, -0.05) is 6.07 Å². The monoisotopic (exact) mass is 614 g/mol. The molecule has 4 bridgehead atoms. The van der Waals surface area contributed by atoms with Crippen LogP contribution >= 0.6 is 0 Å². The first kappa shape index (κ1) is 33.9. The Bertz CT molecular complexity index is 1260. The van der Waals surface area contributed by atoms with Crippen LogP contribution in [0.5, 0.6) is 5.75 Å². The van der Waals surface area contributed by atoms with Crippen molar-refractivity contribution in [2.45, 2.75) is 123 Å². The lowest BCUT2D eigenvalue weighted by atomic mass is 9.92. The highest BCUT2D eigenvalue weighted by Gasteiger charge is 2.39. The number of carboxylic acids is 1. The maximum atomic E-state index is 14.1. The van der Waals surface area contributed by atoms with Gasteiger partial charge in [-0.05, 0) is 111 Å². The van der Waals surface area contributed by atoms with Gasteiger partial charge in [0.2, 0.25) is 0 Å². The molecule has 0 aromatic heterocycles. The summed E-state index contributed by atoms with van der Waals surface area (Å²) in [7, 11) is 0. The van der Waals surface area contributed by atoms with Crippen LogP contribution in [0.15, 0.2) is 46.5 Å². The first-order chi connectivity index (χ1) is 20.7. The fourth-order valence-corrected chi connectivity index (χ4v) is 5.98. The zero-order valence-electron chi connectivity index (χ0n) is 27.3. The normalized spacial score (nSPS) is 26.5. The van der Waals surface area contributed by atoms with Crippen molar-refractivity contribution >= 4 is 11.7 Å². The van der Waals surface area contributed by atoms with E-state index in [1.54, 1.807) is 20.8 Å². The summed E-state index contributed by atoms with van der Waals surface area (Å²) in [5.41, 5.74) is 5.40. The van der Waals surface area contributed by atoms with Crippen molar-refractivity contribution in [1.82, 2.24) is 15.3 Å². The van der Waals surface area contributed by atoms with E-state index < -0.39 is 11.6 Å². The number of aliphatic carboxylic acids is 1. The van der Waals surface area contributed by atoms with Crippen molar-refractivity contribution in [3.8, 4) is 5.75 Å². The summed E-state index contributed by atoms with van der Waals surface area (Å²) < 4.78 is 26.7. The van der Waals surface area contributed by atoms with Crippen LogP contribution in [0.25, 0.3) is 0 Å². The Labute approximate surface area is 261 Å². The summed E-state index contributed by atoms with van der Waals surface area (Å²) in [6.07, 6.45) is 9.12. The number of aliphatic hydroxyl groups is 1. The molecular weight excluding hydrogens is 563 g/mol. The molecule has 5 aliphatic rings. The lowest BCUT2D eigenvalue weighted by Crippen LogP contribution is -2.50. The SMILES string of the molecule is CC(C)(C)O.CC1=NC2=CC3CCCc4ccc(F)cc4OC(C)CCCCOC4(C)CCN(CC4)C(=C1CC(=O)O)N2N3. The maximum absolute atomic E-state index is 14.1. The Balaban J connectivity index is 0.000000818. The third-order valence-corrected chi connectivity index (χ3v) is 8.30. The second-order valence-electron chi connectivity index (χ2n) is 13.7. The van der Waals surface area contributed by atoms with Gasteiger partial charge in [-0.3, -0.25) is 4.79 Å². The molecule has 1 fully saturated rings. The molecule has 9 nitrogen and oxygen atoms in total. The number of carboxylic acid groups (broad SMARTS) is 1. The summed E-state index contributed by atoms with van der Waals surface area (Å²) in [6, 6.07) is 4.89. The summed E-state index contributed by atoms with van der Waals surface area (Å²) >= 11 is 0. The molecule has 0 saturated carbocycles. The number of ether oxygens (including phenoxy) is 2. The van der Waals surface area contributed by atoms with Crippen molar-refractivity contribution in [3.63, 3.8) is 0 Å². The van der Waals surface area contributed by atoms with Gasteiger partial charge in [-0.25, -0.2) is 19.8 Å². The topological polar surface area (TPSA) is 107 Å². The zero-order chi connectivity index (χ0) is 32.1. The molecule has 44 heavy (non-hydrogen) atoms. The van der Waals surface area contributed by atoms with Gasteiger partial charge >= 0.3 is 5.97 Å². The number of carbonyl (C=O) groups is 1. The van der Waals surface area contributed by atoms with Gasteiger partial charge < -0.3 is 24.6 Å². The summed E-state index contributed by atoms with van der Waals surface area (Å²) in [5.74, 6) is 1.20. The average Bonchev–Trinajstić information content (AvgIpc) is 3.31. The predicted octanol–water partition coefficient (Wildman–Crippen LogP) is 5.94. The van der Waals surface area contributed by atoms with Gasteiger partial charge in [-0.2, -0.15) is 0 Å². The van der Waals surface area contributed by atoms with E-state index in [1.165, 1.54) is 12.1 Å². The Morgan fingerprint density at radius 3 is 2.57 bits per heavy atom. The number of nitrogens with one attached hydrogen (secondary N) is 1. The maximum Gasteiger partial charge on any atom is 0.308 e. The van der Waals surface area contributed by atoms with E-state index in [1.807, 2.05) is 18.0 Å². The van der Waals surface area contributed by atoms with Crippen molar-refractivity contribution in [2.24, 2.45) is 4.99 Å². The van der Waals surface area contributed by atoms with Crippen LogP contribution in [0.1, 0.15) is 98.5 Å². The smallest absolute Gasteiger partial charge is 0.308 e. The van der Waals surface area contributed by atoms with Crippen LogP contribution in [-0.4, -0.2) is 74.8 Å². The number of halogens is 1. The zero-order valence-corrected chi connectivity index (χ0v) is 27.3. The highest BCUT2D eigenvalue weighted by Crippen LogP contribution is 2.36. The number of hydrogen-bond acceptors (Lipinski definition) is 8. The van der Waals surface area contributed by atoms with Gasteiger partial charge in [0.05, 0.1) is 23.7 Å². The molecule has 1 aromatic rings. The molecule has 10 heteroatoms. The first-order valence-corrected chi connectivity index (χ1v) is 16.1. The average molecular weight is 615 g/mol. The molecule has 1 aromatic carbocycles. The van der Waals surface area contributed by atoms with Crippen molar-refractivity contribution in [2.75, 3.05) is 19.7 Å². The third kappa shape index (κ3) is 9.52. The van der Waals surface area contributed by atoms with E-state index in [9.17, 15) is 14.3 Å². The Morgan fingerprint density at radius 2 is 1.89 bits per heavy atom. The molecule has 5 heterocycles. The number of fused-ring (bicyclic) bond motifs is 10. The molecule has 2 atom stereocenters. The Morgan fingerprint density at radius 1 is 1.18 bits per heavy atom. The molecule has 3 N–H and O–H groups in total. The van der Waals surface area contributed by atoms with E-state index in [4.69, 9.17) is 19.6 Å². The second kappa shape index (κ2) is 14.4. The van der Waals surface area contributed by atoms with Crippen molar-refractivity contribution < 1.29 is 28.9 Å². The highest BCUT2D eigenvalue weighted by molar-refractivity contribution is 6.03. The molecule has 2 unspecified atom stereocenters. The quantitative estimate of drug-likeness (QED) is 0.376. The van der Waals surface area contributed by atoms with E-state index in [0.717, 1.165) is 92.9 Å². The number of nitrogens with zero attached hydrogens (tertiary/aromatic N) is 3. The molecular formula is C34H51FN4O5. The minimum Gasteiger partial charge on any atom is -0.490 e. The highest BCUT2D eigenvalue weighted by atomic mass is 19.1. The Kier molecular flexibility index (Phi) is 11.1. The van der Waals surface area contributed by atoms with Crippen LogP contribution in [-0.2, 0) is 16.0 Å². The first-order valence-electron chi connectivity index (χ1n) is 16.1. The molecule has 244 valence electrons. The van der Waals surface area contributed by atoms with E-state index >= 15 is 0 Å². The van der Waals surface area contributed by atoms with Gasteiger partial charge in [0.1, 0.15) is 23.2 Å². The minimum atomic E-state index is -0.863. The Hall–Kier alpha value is -2.95. The van der Waals surface area contributed by atoms with E-state index in [2.05, 4.69) is 30.2 Å². The minimum absolute atomic E-state index is 0.00145. The summed E-state index contributed by atoms with van der Waals surface area (Å²) in [6.45, 7) is 13.6. The summed E-state index contributed by atoms with van der Waals surface area (Å²) in [4.78, 5) is 18.9. The molecule has 0 aliphatic carbocycles. The number of aliphatic imine (C=N–C) groups is 1. The molecule has 0 radical (unpaired) electrons. The lowest BCUT2D eigenvalue weighted by molar-refractivity contribution is -0.136. The molecule has 6 rings (SSSR count). The number of aryl methyl sites for hydroxylation is 1. The predicted molar refractivity (Wildman–Crippen MR) is 170 cm³/mol. The third-order valence-electron chi connectivity index (χ3n) is 8.30. The van der Waals surface area contributed by atoms with Crippen LogP contribution in [0, 0.1) is 5.82 Å². The number of hydrazine groups is 1. The van der Waals surface area contributed by atoms with E-state index in [0.29, 0.717) is 12.4 Å². The summed E-state index contributed by atoms with van der Waals surface area (Å²) in [5, 5.41) is 20.2. The van der Waals surface area contributed by atoms with Crippen molar-refractivity contribution in [3.05, 3.63) is 52.9 Å². The fraction of sp³-hybridized carbons (Fsp3) is 0.647. The fourth-order valence-electron chi connectivity index (χ4n) is 5.98. The van der Waals surface area contributed by atoms with Crippen molar-refractivity contribution in [1.29, 1.82) is 0 Å². The molecule has 1 saturated heterocycles. The van der Waals surface area contributed by atoms with Gasteiger partial charge in [0.25, 0.3) is 0 Å². The van der Waals surface area contributed by atoms with Gasteiger partial charge in [0.15, 0.2) is 0 Å². The number of rotatable bonds is 2. The van der Waals surface area contributed by atoms with Crippen LogP contribution in [0.4, 0.5) is 4.39 Å². The number of hydrogen-bond donors (Lipinski definition) is 3. The standard InChI is InChI=1S/C30H41FN4O4.C4H10O/c1-20-7-4-5-16-38-30(3)12-14-34(15-13-30)29-25(19-28(36)37)21(2)32-27-18-24(33-35(27)29)9-6-8-22-10-11-23(31)17-26(22)39-20;1-4(2,3)5/h10-11,17-18,20,24,33H,4-9,12-16,19H2,1-3H3,(H,36,37);5H,1-3H3. The largest absolute Gasteiger partial charge is 0.490 e. The number of benzene rings is 1.